The van der Waals surface area contributed by atoms with Gasteiger partial charge in [0.15, 0.2) is 6.10 Å². The number of ether oxygens (including phenoxy) is 1. The van der Waals surface area contributed by atoms with Gasteiger partial charge in [-0.1, -0.05) is 78.3 Å². The normalized spacial score (nSPS) is 12.2. The lowest BCUT2D eigenvalue weighted by Gasteiger charge is -2.17. The van der Waals surface area contributed by atoms with Gasteiger partial charge in [-0.15, -0.1) is 11.3 Å². The van der Waals surface area contributed by atoms with E-state index in [4.69, 9.17) is 16.3 Å². The van der Waals surface area contributed by atoms with Crippen molar-refractivity contribution >= 4 is 55.7 Å². The van der Waals surface area contributed by atoms with Crippen molar-refractivity contribution in [2.75, 3.05) is 0 Å². The molecule has 0 radical (unpaired) electrons. The molecule has 2 heterocycles. The Balaban J connectivity index is 1.54. The van der Waals surface area contributed by atoms with Crippen LogP contribution in [0.5, 0.6) is 0 Å². The Morgan fingerprint density at radius 3 is 2.32 bits per heavy atom. The van der Waals surface area contributed by atoms with E-state index in [9.17, 15) is 9.59 Å². The second kappa shape index (κ2) is 8.02. The molecule has 0 aliphatic heterocycles. The van der Waals surface area contributed by atoms with Gasteiger partial charge in [0, 0.05) is 38.3 Å². The molecule has 0 amide bonds. The average Bonchev–Trinajstić information content (AvgIpc) is 3.39. The van der Waals surface area contributed by atoms with E-state index < -0.39 is 12.1 Å². The fraction of sp³-hybridized carbons (Fsp3) is 0.0400. The van der Waals surface area contributed by atoms with Crippen LogP contribution < -0.4 is 0 Å². The fourth-order valence-corrected chi connectivity index (χ4v) is 5.01. The van der Waals surface area contributed by atoms with Crippen molar-refractivity contribution in [3.63, 3.8) is 0 Å². The molecule has 2 aromatic heterocycles. The zero-order valence-electron chi connectivity index (χ0n) is 16.2. The van der Waals surface area contributed by atoms with E-state index >= 15 is 0 Å². The van der Waals surface area contributed by atoms with Crippen LogP contribution in [0.25, 0.3) is 21.0 Å². The summed E-state index contributed by atoms with van der Waals surface area (Å²) in [5, 5.41) is 1.92. The molecular weight excluding hydrogens is 430 g/mol. The number of carbonyl (C=O) groups is 2. The van der Waals surface area contributed by atoms with E-state index in [0.717, 1.165) is 21.0 Å². The average molecular weight is 446 g/mol. The first-order valence-electron chi connectivity index (χ1n) is 9.67. The Hall–Kier alpha value is -3.41. The van der Waals surface area contributed by atoms with Crippen LogP contribution in [0.15, 0.2) is 85.1 Å². The number of ketones is 1. The Morgan fingerprint density at radius 2 is 1.55 bits per heavy atom. The van der Waals surface area contributed by atoms with E-state index in [2.05, 4.69) is 4.98 Å². The Kier molecular flexibility index (Phi) is 5.06. The van der Waals surface area contributed by atoms with Crippen LogP contribution in [0.1, 0.15) is 31.7 Å². The summed E-state index contributed by atoms with van der Waals surface area (Å²) < 4.78 is 6.68. The maximum Gasteiger partial charge on any atom is 0.350 e. The minimum Gasteiger partial charge on any atom is -0.445 e. The van der Waals surface area contributed by atoms with E-state index in [1.54, 1.807) is 18.3 Å². The lowest BCUT2D eigenvalue weighted by atomic mass is 9.99. The third kappa shape index (κ3) is 3.52. The first-order chi connectivity index (χ1) is 15.1. The zero-order valence-corrected chi connectivity index (χ0v) is 17.7. The number of aromatic amines is 1. The predicted molar refractivity (Wildman–Crippen MR) is 124 cm³/mol. The number of esters is 1. The summed E-state index contributed by atoms with van der Waals surface area (Å²) in [7, 11) is 0. The molecule has 31 heavy (non-hydrogen) atoms. The van der Waals surface area contributed by atoms with Crippen LogP contribution in [0.4, 0.5) is 0 Å². The summed E-state index contributed by atoms with van der Waals surface area (Å²) in [6.07, 6.45) is 0.567. The summed E-state index contributed by atoms with van der Waals surface area (Å²) in [6, 6.07) is 24.1. The van der Waals surface area contributed by atoms with Gasteiger partial charge in [0.25, 0.3) is 0 Å². The van der Waals surface area contributed by atoms with Gasteiger partial charge in [-0.05, 0) is 12.1 Å². The monoisotopic (exact) mass is 445 g/mol. The van der Waals surface area contributed by atoms with Crippen LogP contribution >= 0.6 is 22.9 Å². The maximum atomic E-state index is 13.5. The lowest BCUT2D eigenvalue weighted by Crippen LogP contribution is -2.20. The fourth-order valence-electron chi connectivity index (χ4n) is 3.62. The molecule has 5 aromatic rings. The van der Waals surface area contributed by atoms with Gasteiger partial charge in [0.05, 0.1) is 5.02 Å². The molecule has 152 valence electrons. The first-order valence-corrected chi connectivity index (χ1v) is 10.9. The molecular formula is C25H16ClNO3S. The highest BCUT2D eigenvalue weighted by molar-refractivity contribution is 7.21. The molecule has 1 N–H and O–H groups in total. The van der Waals surface area contributed by atoms with Crippen LogP contribution in [0, 0.1) is 0 Å². The van der Waals surface area contributed by atoms with Crippen molar-refractivity contribution in [2.45, 2.75) is 6.10 Å². The molecule has 5 rings (SSSR count). The molecule has 1 unspecified atom stereocenters. The van der Waals surface area contributed by atoms with Gasteiger partial charge in [-0.3, -0.25) is 4.79 Å². The molecule has 6 heteroatoms. The summed E-state index contributed by atoms with van der Waals surface area (Å²) >= 11 is 7.72. The number of aromatic nitrogens is 1. The number of H-pyrrole nitrogens is 1. The number of para-hydroxylation sites is 1. The maximum absolute atomic E-state index is 13.5. The molecule has 0 fully saturated rings. The van der Waals surface area contributed by atoms with Crippen molar-refractivity contribution in [1.29, 1.82) is 0 Å². The predicted octanol–water partition coefficient (Wildman–Crippen LogP) is 6.82. The molecule has 0 aliphatic carbocycles. The third-order valence-electron chi connectivity index (χ3n) is 5.14. The van der Waals surface area contributed by atoms with E-state index in [-0.39, 0.29) is 10.7 Å². The van der Waals surface area contributed by atoms with Crippen molar-refractivity contribution in [1.82, 2.24) is 4.98 Å². The molecule has 0 saturated carbocycles. The topological polar surface area (TPSA) is 59.2 Å². The molecule has 0 spiro atoms. The quantitative estimate of drug-likeness (QED) is 0.238. The molecule has 4 nitrogen and oxygen atoms in total. The number of hydrogen-bond donors (Lipinski definition) is 1. The SMILES string of the molecule is O=C(OC(C(=O)c1c[nH]c2ccccc12)c1ccccc1)c1sc2ccccc2c1Cl. The van der Waals surface area contributed by atoms with Gasteiger partial charge < -0.3 is 9.72 Å². The van der Waals surface area contributed by atoms with Crippen LogP contribution in [-0.4, -0.2) is 16.7 Å². The number of thiophene rings is 1. The van der Waals surface area contributed by atoms with E-state index in [1.807, 2.05) is 66.7 Å². The van der Waals surface area contributed by atoms with Crippen molar-refractivity contribution in [3.8, 4) is 0 Å². The number of rotatable bonds is 5. The van der Waals surface area contributed by atoms with E-state index in [1.165, 1.54) is 11.3 Å². The minimum absolute atomic E-state index is 0.288. The largest absolute Gasteiger partial charge is 0.445 e. The van der Waals surface area contributed by atoms with Gasteiger partial charge in [-0.25, -0.2) is 4.79 Å². The second-order valence-electron chi connectivity index (χ2n) is 7.05. The first kappa shape index (κ1) is 19.5. The zero-order chi connectivity index (χ0) is 21.4. The Bertz CT molecular complexity index is 1420. The number of fused-ring (bicyclic) bond motifs is 2. The number of halogens is 1. The Labute approximate surface area is 187 Å². The molecule has 0 aliphatic rings. The van der Waals surface area contributed by atoms with E-state index in [0.29, 0.717) is 16.1 Å². The highest BCUT2D eigenvalue weighted by Crippen LogP contribution is 2.37. The molecule has 0 saturated heterocycles. The summed E-state index contributed by atoms with van der Waals surface area (Å²) in [5.74, 6) is -0.914. The second-order valence-corrected chi connectivity index (χ2v) is 8.48. The van der Waals surface area contributed by atoms with Crippen LogP contribution in [0.2, 0.25) is 5.02 Å². The number of carbonyl (C=O) groups excluding carboxylic acids is 2. The molecule has 1 atom stereocenters. The van der Waals surface area contributed by atoms with Gasteiger partial charge >= 0.3 is 5.97 Å². The highest BCUT2D eigenvalue weighted by atomic mass is 35.5. The lowest BCUT2D eigenvalue weighted by molar-refractivity contribution is 0.0285. The Morgan fingerprint density at radius 1 is 0.871 bits per heavy atom. The molecule has 3 aromatic carbocycles. The number of nitrogens with one attached hydrogen (secondary N) is 1. The number of hydrogen-bond acceptors (Lipinski definition) is 4. The smallest absolute Gasteiger partial charge is 0.350 e. The number of Topliss-reactive ketones (excluding diaryl/α,β-unsaturated/α-hetero) is 1. The summed E-state index contributed by atoms with van der Waals surface area (Å²) in [4.78, 5) is 30.0. The molecule has 0 bridgehead atoms. The standard InChI is InChI=1S/C25H16ClNO3S/c26-21-17-11-5-7-13-20(17)31-24(21)25(29)30-23(15-8-2-1-3-9-15)22(28)18-14-27-19-12-6-4-10-16(18)19/h1-14,23,27H. The van der Waals surface area contributed by atoms with Crippen molar-refractivity contribution < 1.29 is 14.3 Å². The number of benzene rings is 3. The summed E-state index contributed by atoms with van der Waals surface area (Å²) in [6.45, 7) is 0. The van der Waals surface area contributed by atoms with Gasteiger partial charge in [0.1, 0.15) is 4.88 Å². The highest BCUT2D eigenvalue weighted by Gasteiger charge is 2.30. The van der Waals surface area contributed by atoms with Gasteiger partial charge in [0.2, 0.25) is 5.78 Å². The van der Waals surface area contributed by atoms with Crippen LogP contribution in [0.3, 0.4) is 0 Å². The summed E-state index contributed by atoms with van der Waals surface area (Å²) in [5.41, 5.74) is 1.92. The minimum atomic E-state index is -1.09. The van der Waals surface area contributed by atoms with Crippen molar-refractivity contribution in [3.05, 3.63) is 106 Å². The third-order valence-corrected chi connectivity index (χ3v) is 6.80. The van der Waals surface area contributed by atoms with Crippen molar-refractivity contribution in [2.24, 2.45) is 0 Å². The van der Waals surface area contributed by atoms with Crippen LogP contribution in [-0.2, 0) is 4.74 Å². The van der Waals surface area contributed by atoms with Gasteiger partial charge in [-0.2, -0.15) is 0 Å².